The maximum atomic E-state index is 12.8. The van der Waals surface area contributed by atoms with Gasteiger partial charge in [-0.25, -0.2) is 0 Å². The molecule has 21 heavy (non-hydrogen) atoms. The summed E-state index contributed by atoms with van der Waals surface area (Å²) in [5, 5.41) is 0. The Kier molecular flexibility index (Phi) is 4.51. The van der Waals surface area contributed by atoms with Crippen LogP contribution in [0.15, 0.2) is 24.3 Å². The number of nitrogens with zero attached hydrogens (tertiary/aromatic N) is 2. The summed E-state index contributed by atoms with van der Waals surface area (Å²) >= 11 is 5.81. The summed E-state index contributed by atoms with van der Waals surface area (Å²) in [6.45, 7) is 5.24. The van der Waals surface area contributed by atoms with Crippen molar-refractivity contribution >= 4 is 17.5 Å². The van der Waals surface area contributed by atoms with E-state index in [1.165, 1.54) is 25.8 Å². The minimum Gasteiger partial charge on any atom is -0.333 e. The van der Waals surface area contributed by atoms with Crippen LogP contribution in [0.1, 0.15) is 42.1 Å². The van der Waals surface area contributed by atoms with Crippen LogP contribution >= 0.6 is 11.6 Å². The van der Waals surface area contributed by atoms with Crippen LogP contribution in [0.25, 0.3) is 0 Å². The summed E-state index contributed by atoms with van der Waals surface area (Å²) in [4.78, 5) is 17.4. The predicted octanol–water partition coefficient (Wildman–Crippen LogP) is 3.12. The van der Waals surface area contributed by atoms with Gasteiger partial charge in [0.05, 0.1) is 0 Å². The first-order chi connectivity index (χ1) is 10.2. The van der Waals surface area contributed by atoms with Crippen LogP contribution in [-0.4, -0.2) is 47.4 Å². The van der Waals surface area contributed by atoms with Crippen LogP contribution in [0.3, 0.4) is 0 Å². The molecule has 114 valence electrons. The van der Waals surface area contributed by atoms with Gasteiger partial charge in [-0.2, -0.15) is 0 Å². The molecule has 0 spiro atoms. The quantitative estimate of drug-likeness (QED) is 0.784. The summed E-state index contributed by atoms with van der Waals surface area (Å²) in [5.74, 6) is 0.653. The minimum atomic E-state index is 0.161. The van der Waals surface area contributed by atoms with E-state index in [9.17, 15) is 4.79 Å². The molecule has 2 heterocycles. The van der Waals surface area contributed by atoms with E-state index < -0.39 is 0 Å². The van der Waals surface area contributed by atoms with E-state index in [0.29, 0.717) is 18.0 Å². The number of hydrogen-bond acceptors (Lipinski definition) is 2. The van der Waals surface area contributed by atoms with Crippen LogP contribution in [-0.2, 0) is 5.88 Å². The first-order valence-electron chi connectivity index (χ1n) is 7.89. The molecule has 2 aliphatic rings. The Hall–Kier alpha value is -1.06. The number of piperazine rings is 1. The number of piperidine rings is 1. The van der Waals surface area contributed by atoms with E-state index in [2.05, 4.69) is 16.7 Å². The summed E-state index contributed by atoms with van der Waals surface area (Å²) < 4.78 is 0. The van der Waals surface area contributed by atoms with E-state index >= 15 is 0 Å². The molecular weight excluding hydrogens is 284 g/mol. The molecule has 0 N–H and O–H groups in total. The van der Waals surface area contributed by atoms with Crippen molar-refractivity contribution in [1.82, 2.24) is 9.80 Å². The maximum absolute atomic E-state index is 12.8. The Morgan fingerprint density at radius 3 is 2.71 bits per heavy atom. The van der Waals surface area contributed by atoms with Gasteiger partial charge < -0.3 is 4.90 Å². The highest BCUT2D eigenvalue weighted by molar-refractivity contribution is 6.17. The molecule has 0 aromatic heterocycles. The molecule has 3 rings (SSSR count). The van der Waals surface area contributed by atoms with E-state index in [0.717, 1.165) is 24.2 Å². The van der Waals surface area contributed by atoms with Crippen LogP contribution in [0.2, 0.25) is 0 Å². The molecule has 1 aromatic rings. The molecule has 2 saturated heterocycles. The molecule has 2 fully saturated rings. The molecule has 4 heteroatoms. The highest BCUT2D eigenvalue weighted by atomic mass is 35.5. The Balaban J connectivity index is 1.73. The summed E-state index contributed by atoms with van der Waals surface area (Å²) in [5.41, 5.74) is 1.83. The van der Waals surface area contributed by atoms with Gasteiger partial charge in [0.15, 0.2) is 0 Å². The second kappa shape index (κ2) is 6.37. The fraction of sp³-hybridized carbons (Fsp3) is 0.588. The number of alkyl halides is 1. The molecule has 1 aromatic carbocycles. The summed E-state index contributed by atoms with van der Waals surface area (Å²) in [7, 11) is 0. The third-order valence-corrected chi connectivity index (χ3v) is 5.11. The number of rotatable bonds is 2. The number of amides is 1. The lowest BCUT2D eigenvalue weighted by molar-refractivity contribution is 0.0151. The van der Waals surface area contributed by atoms with E-state index in [1.807, 2.05) is 24.3 Å². The number of halogens is 1. The highest BCUT2D eigenvalue weighted by Gasteiger charge is 2.35. The maximum Gasteiger partial charge on any atom is 0.254 e. The van der Waals surface area contributed by atoms with Crippen molar-refractivity contribution in [2.24, 2.45) is 0 Å². The van der Waals surface area contributed by atoms with Gasteiger partial charge in [0, 0.05) is 36.6 Å². The monoisotopic (exact) mass is 306 g/mol. The first-order valence-corrected chi connectivity index (χ1v) is 8.42. The average Bonchev–Trinajstić information content (AvgIpc) is 2.53. The number of fused-ring (bicyclic) bond motifs is 1. The zero-order valence-corrected chi connectivity index (χ0v) is 13.4. The summed E-state index contributed by atoms with van der Waals surface area (Å²) in [6.07, 6.45) is 3.82. The molecule has 0 radical (unpaired) electrons. The second-order valence-corrected chi connectivity index (χ2v) is 6.55. The normalized spacial score (nSPS) is 26.5. The van der Waals surface area contributed by atoms with Gasteiger partial charge in [-0.1, -0.05) is 18.6 Å². The Morgan fingerprint density at radius 2 is 2.00 bits per heavy atom. The minimum absolute atomic E-state index is 0.161. The summed E-state index contributed by atoms with van der Waals surface area (Å²) in [6, 6.07) is 8.55. The van der Waals surface area contributed by atoms with Crippen molar-refractivity contribution in [2.45, 2.75) is 44.1 Å². The number of hydrogen-bond donors (Lipinski definition) is 0. The molecule has 3 nitrogen and oxygen atoms in total. The number of carbonyl (C=O) groups excluding carboxylic acids is 1. The van der Waals surface area contributed by atoms with Crippen molar-refractivity contribution in [3.63, 3.8) is 0 Å². The van der Waals surface area contributed by atoms with Gasteiger partial charge in [-0.05, 0) is 44.0 Å². The van der Waals surface area contributed by atoms with Crippen LogP contribution in [0.5, 0.6) is 0 Å². The van der Waals surface area contributed by atoms with Crippen molar-refractivity contribution in [3.05, 3.63) is 35.4 Å². The lowest BCUT2D eigenvalue weighted by Crippen LogP contribution is -2.60. The largest absolute Gasteiger partial charge is 0.333 e. The average molecular weight is 307 g/mol. The van der Waals surface area contributed by atoms with Gasteiger partial charge in [0.1, 0.15) is 0 Å². The second-order valence-electron chi connectivity index (χ2n) is 6.28. The highest BCUT2D eigenvalue weighted by Crippen LogP contribution is 2.25. The van der Waals surface area contributed by atoms with Crippen LogP contribution in [0.4, 0.5) is 0 Å². The van der Waals surface area contributed by atoms with E-state index in [-0.39, 0.29) is 5.91 Å². The lowest BCUT2D eigenvalue weighted by Gasteiger charge is -2.47. The zero-order valence-electron chi connectivity index (χ0n) is 12.6. The van der Waals surface area contributed by atoms with E-state index in [4.69, 9.17) is 11.6 Å². The Labute approximate surface area is 131 Å². The predicted molar refractivity (Wildman–Crippen MR) is 85.7 cm³/mol. The lowest BCUT2D eigenvalue weighted by atomic mass is 9.96. The van der Waals surface area contributed by atoms with Crippen molar-refractivity contribution in [2.75, 3.05) is 19.6 Å². The number of carbonyl (C=O) groups is 1. The topological polar surface area (TPSA) is 23.6 Å². The molecule has 0 bridgehead atoms. The number of benzene rings is 1. The zero-order chi connectivity index (χ0) is 14.8. The van der Waals surface area contributed by atoms with Gasteiger partial charge in [0.2, 0.25) is 0 Å². The molecule has 1 amide bonds. The van der Waals surface area contributed by atoms with Crippen molar-refractivity contribution in [3.8, 4) is 0 Å². The molecule has 0 saturated carbocycles. The van der Waals surface area contributed by atoms with Gasteiger partial charge in [-0.3, -0.25) is 9.69 Å². The van der Waals surface area contributed by atoms with Crippen molar-refractivity contribution < 1.29 is 4.79 Å². The fourth-order valence-electron chi connectivity index (χ4n) is 3.54. The third kappa shape index (κ3) is 3.09. The van der Waals surface area contributed by atoms with Crippen LogP contribution in [0, 0.1) is 0 Å². The fourth-order valence-corrected chi connectivity index (χ4v) is 3.72. The molecule has 0 aliphatic carbocycles. The molecule has 2 aliphatic heterocycles. The Morgan fingerprint density at radius 1 is 1.24 bits per heavy atom. The molecular formula is C17H23ClN2O. The first kappa shape index (κ1) is 14.9. The standard InChI is InChI=1S/C17H23ClN2O/c1-13-11-19-9-3-2-4-16(19)12-20(13)17(21)15-7-5-14(10-18)6-8-15/h5-8,13,16H,2-4,9-12H2,1H3. The Bertz CT molecular complexity index is 502. The van der Waals surface area contributed by atoms with Gasteiger partial charge >= 0.3 is 0 Å². The smallest absolute Gasteiger partial charge is 0.254 e. The van der Waals surface area contributed by atoms with Crippen LogP contribution < -0.4 is 0 Å². The van der Waals surface area contributed by atoms with Gasteiger partial charge in [0.25, 0.3) is 5.91 Å². The van der Waals surface area contributed by atoms with E-state index in [1.54, 1.807) is 0 Å². The SMILES string of the molecule is CC1CN2CCCCC2CN1C(=O)c1ccc(CCl)cc1. The van der Waals surface area contributed by atoms with Gasteiger partial charge in [-0.15, -0.1) is 11.6 Å². The molecule has 2 unspecified atom stereocenters. The molecule has 2 atom stereocenters. The van der Waals surface area contributed by atoms with Crippen molar-refractivity contribution in [1.29, 1.82) is 0 Å². The third-order valence-electron chi connectivity index (χ3n) is 4.80.